The third-order valence-electron chi connectivity index (χ3n) is 4.26. The molecule has 1 aliphatic heterocycles. The van der Waals surface area contributed by atoms with Crippen LogP contribution >= 0.6 is 0 Å². The number of ketones is 1. The number of carbonyl (C=O) groups excluding carboxylic acids is 2. The smallest absolute Gasteiger partial charge is 0.331 e. The highest BCUT2D eigenvalue weighted by Crippen LogP contribution is 2.30. The van der Waals surface area contributed by atoms with E-state index < -0.39 is 34.2 Å². The van der Waals surface area contributed by atoms with Crippen molar-refractivity contribution in [3.8, 4) is 0 Å². The molecule has 0 spiro atoms. The number of hydrogen-bond donors (Lipinski definition) is 0. The SMILES string of the molecule is CS(=O)(=O)N1CCc2cc(C(=O)COC(=O)/C=C/c3cccc(F)c3)ccc21. The van der Waals surface area contributed by atoms with Gasteiger partial charge in [0.2, 0.25) is 10.0 Å². The van der Waals surface area contributed by atoms with Crippen LogP contribution in [0.5, 0.6) is 0 Å². The summed E-state index contributed by atoms with van der Waals surface area (Å²) in [6, 6.07) is 10.4. The van der Waals surface area contributed by atoms with Crippen LogP contribution in [0.15, 0.2) is 48.5 Å². The van der Waals surface area contributed by atoms with Gasteiger partial charge in [-0.05, 0) is 54.0 Å². The molecule has 146 valence electrons. The summed E-state index contributed by atoms with van der Waals surface area (Å²) in [4.78, 5) is 24.0. The minimum Gasteiger partial charge on any atom is -0.454 e. The number of anilines is 1. The molecular formula is C20H18FNO5S. The lowest BCUT2D eigenvalue weighted by Gasteiger charge is -2.16. The normalized spacial score (nSPS) is 13.6. The van der Waals surface area contributed by atoms with E-state index >= 15 is 0 Å². The molecule has 0 N–H and O–H groups in total. The standard InChI is InChI=1S/C20H18FNO5S/c1-28(25,26)22-10-9-15-12-16(6-7-18(15)22)19(23)13-27-20(24)8-5-14-3-2-4-17(21)11-14/h2-8,11-12H,9-10,13H2,1H3/b8-5+. The van der Waals surface area contributed by atoms with E-state index in [-0.39, 0.29) is 0 Å². The molecule has 0 atom stereocenters. The zero-order chi connectivity index (χ0) is 20.3. The first-order chi connectivity index (χ1) is 13.2. The number of hydrogen-bond acceptors (Lipinski definition) is 5. The molecule has 8 heteroatoms. The third-order valence-corrected chi connectivity index (χ3v) is 5.44. The Balaban J connectivity index is 1.60. The van der Waals surface area contributed by atoms with E-state index in [0.717, 1.165) is 17.9 Å². The Morgan fingerprint density at radius 3 is 2.71 bits per heavy atom. The highest BCUT2D eigenvalue weighted by atomic mass is 32.2. The van der Waals surface area contributed by atoms with Crippen molar-refractivity contribution in [3.63, 3.8) is 0 Å². The zero-order valence-corrected chi connectivity index (χ0v) is 15.9. The number of carbonyl (C=O) groups is 2. The van der Waals surface area contributed by atoms with Crippen molar-refractivity contribution in [2.75, 3.05) is 23.7 Å². The van der Waals surface area contributed by atoms with Crippen molar-refractivity contribution in [1.29, 1.82) is 0 Å². The second kappa shape index (κ2) is 7.93. The number of rotatable bonds is 6. The van der Waals surface area contributed by atoms with Crippen molar-refractivity contribution >= 4 is 33.5 Å². The van der Waals surface area contributed by atoms with Crippen LogP contribution in [0.3, 0.4) is 0 Å². The maximum Gasteiger partial charge on any atom is 0.331 e. The van der Waals surface area contributed by atoms with Crippen LogP contribution in [-0.2, 0) is 26.0 Å². The van der Waals surface area contributed by atoms with Gasteiger partial charge in [-0.1, -0.05) is 12.1 Å². The third kappa shape index (κ3) is 4.64. The summed E-state index contributed by atoms with van der Waals surface area (Å²) >= 11 is 0. The van der Waals surface area contributed by atoms with Gasteiger partial charge in [0.05, 0.1) is 11.9 Å². The molecule has 1 aliphatic rings. The van der Waals surface area contributed by atoms with E-state index in [9.17, 15) is 22.4 Å². The summed E-state index contributed by atoms with van der Waals surface area (Å²) in [5.41, 5.74) is 2.16. The molecule has 6 nitrogen and oxygen atoms in total. The van der Waals surface area contributed by atoms with Crippen molar-refractivity contribution in [2.45, 2.75) is 6.42 Å². The lowest BCUT2D eigenvalue weighted by atomic mass is 10.1. The van der Waals surface area contributed by atoms with Gasteiger partial charge in [0.1, 0.15) is 5.82 Å². The van der Waals surface area contributed by atoms with Crippen LogP contribution in [0.2, 0.25) is 0 Å². The summed E-state index contributed by atoms with van der Waals surface area (Å²) in [6.07, 6.45) is 4.16. The molecule has 0 fully saturated rings. The number of benzene rings is 2. The number of Topliss-reactive ketones (excluding diaryl/α,β-unsaturated/α-hetero) is 1. The topological polar surface area (TPSA) is 80.8 Å². The van der Waals surface area contributed by atoms with Gasteiger partial charge in [-0.2, -0.15) is 0 Å². The van der Waals surface area contributed by atoms with Gasteiger partial charge in [0.25, 0.3) is 0 Å². The Morgan fingerprint density at radius 1 is 1.21 bits per heavy atom. The molecular weight excluding hydrogens is 385 g/mol. The van der Waals surface area contributed by atoms with Crippen LogP contribution in [0.25, 0.3) is 6.08 Å². The van der Waals surface area contributed by atoms with E-state index in [2.05, 4.69) is 0 Å². The fourth-order valence-corrected chi connectivity index (χ4v) is 3.89. The Hall–Kier alpha value is -3.00. The van der Waals surface area contributed by atoms with Gasteiger partial charge < -0.3 is 4.74 Å². The minimum atomic E-state index is -3.35. The molecule has 2 aromatic carbocycles. The molecule has 0 amide bonds. The second-order valence-corrected chi connectivity index (χ2v) is 8.25. The van der Waals surface area contributed by atoms with Gasteiger partial charge in [-0.15, -0.1) is 0 Å². The predicted octanol–water partition coefficient (Wildman–Crippen LogP) is 2.59. The highest BCUT2D eigenvalue weighted by Gasteiger charge is 2.26. The van der Waals surface area contributed by atoms with Crippen molar-refractivity contribution in [3.05, 3.63) is 71.0 Å². The molecule has 0 bridgehead atoms. The number of fused-ring (bicyclic) bond motifs is 1. The summed E-state index contributed by atoms with van der Waals surface area (Å²) in [5, 5.41) is 0. The highest BCUT2D eigenvalue weighted by molar-refractivity contribution is 7.92. The molecule has 0 saturated heterocycles. The van der Waals surface area contributed by atoms with Crippen LogP contribution in [0.1, 0.15) is 21.5 Å². The predicted molar refractivity (Wildman–Crippen MR) is 103 cm³/mol. The van der Waals surface area contributed by atoms with Gasteiger partial charge in [0.15, 0.2) is 12.4 Å². The number of esters is 1. The van der Waals surface area contributed by atoms with E-state index in [4.69, 9.17) is 4.74 Å². The Bertz CT molecular complexity index is 1060. The average molecular weight is 403 g/mol. The lowest BCUT2D eigenvalue weighted by Crippen LogP contribution is -2.27. The average Bonchev–Trinajstić information content (AvgIpc) is 3.08. The number of nitrogens with zero attached hydrogens (tertiary/aromatic N) is 1. The molecule has 0 aliphatic carbocycles. The largest absolute Gasteiger partial charge is 0.454 e. The number of sulfonamides is 1. The summed E-state index contributed by atoms with van der Waals surface area (Å²) in [6.45, 7) is -0.105. The molecule has 0 radical (unpaired) electrons. The molecule has 0 aromatic heterocycles. The fraction of sp³-hybridized carbons (Fsp3) is 0.200. The van der Waals surface area contributed by atoms with E-state index in [0.29, 0.717) is 29.8 Å². The van der Waals surface area contributed by atoms with Gasteiger partial charge in [-0.25, -0.2) is 17.6 Å². The van der Waals surface area contributed by atoms with E-state index in [1.807, 2.05) is 0 Å². The van der Waals surface area contributed by atoms with Gasteiger partial charge >= 0.3 is 5.97 Å². The Labute approximate surface area is 162 Å². The van der Waals surface area contributed by atoms with Crippen LogP contribution in [0, 0.1) is 5.82 Å². The molecule has 0 unspecified atom stereocenters. The summed E-state index contributed by atoms with van der Waals surface area (Å²) in [7, 11) is -3.35. The first-order valence-electron chi connectivity index (χ1n) is 8.48. The van der Waals surface area contributed by atoms with Crippen molar-refractivity contribution in [1.82, 2.24) is 0 Å². The summed E-state index contributed by atoms with van der Waals surface area (Å²) in [5.74, 6) is -1.54. The Kier molecular flexibility index (Phi) is 5.60. The molecule has 1 heterocycles. The fourth-order valence-electron chi connectivity index (χ4n) is 2.93. The first-order valence-corrected chi connectivity index (χ1v) is 10.3. The number of halogens is 1. The number of ether oxygens (including phenoxy) is 1. The molecule has 2 aromatic rings. The van der Waals surface area contributed by atoms with Crippen molar-refractivity contribution in [2.24, 2.45) is 0 Å². The Morgan fingerprint density at radius 2 is 2.00 bits per heavy atom. The first kappa shape index (κ1) is 19.8. The molecule has 28 heavy (non-hydrogen) atoms. The van der Waals surface area contributed by atoms with Gasteiger partial charge in [0, 0.05) is 18.2 Å². The molecule has 3 rings (SSSR count). The summed E-state index contributed by atoms with van der Waals surface area (Å²) < 4.78 is 42.8. The minimum absolute atomic E-state index is 0.339. The maximum atomic E-state index is 13.1. The van der Waals surface area contributed by atoms with Crippen LogP contribution in [0.4, 0.5) is 10.1 Å². The maximum absolute atomic E-state index is 13.1. The molecule has 0 saturated carbocycles. The lowest BCUT2D eigenvalue weighted by molar-refractivity contribution is -0.136. The van der Waals surface area contributed by atoms with Crippen LogP contribution < -0.4 is 4.31 Å². The quantitative estimate of drug-likeness (QED) is 0.421. The van der Waals surface area contributed by atoms with E-state index in [1.165, 1.54) is 34.6 Å². The van der Waals surface area contributed by atoms with Gasteiger partial charge in [-0.3, -0.25) is 9.10 Å². The monoisotopic (exact) mass is 403 g/mol. The second-order valence-electron chi connectivity index (χ2n) is 6.35. The van der Waals surface area contributed by atoms with E-state index in [1.54, 1.807) is 18.2 Å². The zero-order valence-electron chi connectivity index (χ0n) is 15.1. The van der Waals surface area contributed by atoms with Crippen molar-refractivity contribution < 1.29 is 27.1 Å². The van der Waals surface area contributed by atoms with Crippen LogP contribution in [-0.4, -0.2) is 39.6 Å².